The van der Waals surface area contributed by atoms with E-state index in [9.17, 15) is 9.59 Å². The summed E-state index contributed by atoms with van der Waals surface area (Å²) in [5, 5.41) is 6.88. The molecule has 2 amide bonds. The van der Waals surface area contributed by atoms with Crippen molar-refractivity contribution in [2.45, 2.75) is 13.3 Å². The van der Waals surface area contributed by atoms with Crippen molar-refractivity contribution in [3.05, 3.63) is 58.1 Å². The van der Waals surface area contributed by atoms with Crippen LogP contribution < -0.4 is 15.5 Å². The van der Waals surface area contributed by atoms with Gasteiger partial charge in [0.2, 0.25) is 11.8 Å². The molecule has 2 rings (SSSR count). The van der Waals surface area contributed by atoms with Gasteiger partial charge in [-0.3, -0.25) is 9.59 Å². The van der Waals surface area contributed by atoms with Crippen LogP contribution in [0.4, 0.5) is 5.69 Å². The molecule has 0 saturated carbocycles. The zero-order chi connectivity index (χ0) is 18.9. The van der Waals surface area contributed by atoms with Crippen LogP contribution in [0.1, 0.15) is 18.9 Å². The van der Waals surface area contributed by atoms with E-state index in [4.69, 9.17) is 27.9 Å². The highest BCUT2D eigenvalue weighted by Crippen LogP contribution is 2.29. The van der Waals surface area contributed by atoms with E-state index in [-0.39, 0.29) is 5.02 Å². The first-order valence-corrected chi connectivity index (χ1v) is 8.54. The topological polar surface area (TPSA) is 79.8 Å². The van der Waals surface area contributed by atoms with Crippen LogP contribution in [0.2, 0.25) is 10.0 Å². The number of hydrazone groups is 1. The second kappa shape index (κ2) is 9.79. The van der Waals surface area contributed by atoms with E-state index in [1.54, 1.807) is 24.3 Å². The molecule has 0 spiro atoms. The predicted molar refractivity (Wildman–Crippen MR) is 103 cm³/mol. The molecule has 0 unspecified atom stereocenters. The molecule has 0 aliphatic rings. The number of rotatable bonds is 7. The Morgan fingerprint density at radius 1 is 1.15 bits per heavy atom. The standard InChI is InChI=1S/C18H17Cl2N3O3/c1-2-26-13-6-3-5-12(9-13)11-21-23-17(25)10-16(24)22-15-8-4-7-14(19)18(15)20/h3-9,11H,2,10H2,1H3,(H,22,24)(H,23,25). The Kier molecular flexibility index (Phi) is 7.44. The summed E-state index contributed by atoms with van der Waals surface area (Å²) in [7, 11) is 0. The van der Waals surface area contributed by atoms with E-state index < -0.39 is 18.2 Å². The fraction of sp³-hybridized carbons (Fsp3) is 0.167. The SMILES string of the molecule is CCOc1cccc(C=NNC(=O)CC(=O)Nc2cccc(Cl)c2Cl)c1. The van der Waals surface area contributed by atoms with Crippen LogP contribution in [-0.4, -0.2) is 24.6 Å². The van der Waals surface area contributed by atoms with E-state index in [0.717, 1.165) is 5.56 Å². The fourth-order valence-corrected chi connectivity index (χ4v) is 2.36. The van der Waals surface area contributed by atoms with Crippen LogP contribution in [0, 0.1) is 0 Å². The number of nitrogens with zero attached hydrogens (tertiary/aromatic N) is 1. The first kappa shape index (κ1) is 19.8. The number of amides is 2. The molecule has 0 aliphatic heterocycles. The van der Waals surface area contributed by atoms with Gasteiger partial charge in [0, 0.05) is 0 Å². The Labute approximate surface area is 161 Å². The third-order valence-electron chi connectivity index (χ3n) is 3.12. The lowest BCUT2D eigenvalue weighted by molar-refractivity contribution is -0.126. The number of anilines is 1. The Morgan fingerprint density at radius 3 is 2.69 bits per heavy atom. The van der Waals surface area contributed by atoms with Crippen molar-refractivity contribution < 1.29 is 14.3 Å². The van der Waals surface area contributed by atoms with Gasteiger partial charge in [-0.1, -0.05) is 41.4 Å². The second-order valence-electron chi connectivity index (χ2n) is 5.13. The van der Waals surface area contributed by atoms with Crippen LogP contribution in [-0.2, 0) is 9.59 Å². The van der Waals surface area contributed by atoms with E-state index >= 15 is 0 Å². The van der Waals surface area contributed by atoms with Crippen molar-refractivity contribution in [2.75, 3.05) is 11.9 Å². The van der Waals surface area contributed by atoms with Gasteiger partial charge < -0.3 is 10.1 Å². The summed E-state index contributed by atoms with van der Waals surface area (Å²) in [4.78, 5) is 23.7. The molecule has 136 valence electrons. The highest BCUT2D eigenvalue weighted by Gasteiger charge is 2.12. The van der Waals surface area contributed by atoms with Gasteiger partial charge in [0.05, 0.1) is 28.6 Å². The van der Waals surface area contributed by atoms with Crippen LogP contribution >= 0.6 is 23.2 Å². The second-order valence-corrected chi connectivity index (χ2v) is 5.91. The molecule has 8 heteroatoms. The van der Waals surface area contributed by atoms with Crippen molar-refractivity contribution in [3.8, 4) is 5.75 Å². The van der Waals surface area contributed by atoms with E-state index in [1.807, 2.05) is 25.1 Å². The molecule has 2 aromatic carbocycles. The number of benzene rings is 2. The average Bonchev–Trinajstić information content (AvgIpc) is 2.59. The Bertz CT molecular complexity index is 825. The van der Waals surface area contributed by atoms with Crippen LogP contribution in [0.15, 0.2) is 47.6 Å². The number of carbonyl (C=O) groups is 2. The third-order valence-corrected chi connectivity index (χ3v) is 3.94. The molecule has 0 saturated heterocycles. The number of hydrogen-bond donors (Lipinski definition) is 2. The molecule has 0 aliphatic carbocycles. The van der Waals surface area contributed by atoms with Gasteiger partial charge in [-0.05, 0) is 36.8 Å². The average molecular weight is 394 g/mol. The highest BCUT2D eigenvalue weighted by atomic mass is 35.5. The molecule has 26 heavy (non-hydrogen) atoms. The summed E-state index contributed by atoms with van der Waals surface area (Å²) >= 11 is 11.8. The molecule has 0 aromatic heterocycles. The summed E-state index contributed by atoms with van der Waals surface area (Å²) in [6.45, 7) is 2.45. The fourth-order valence-electron chi connectivity index (χ4n) is 2.01. The quantitative estimate of drug-likeness (QED) is 0.425. The minimum atomic E-state index is -0.558. The summed E-state index contributed by atoms with van der Waals surface area (Å²) in [5.41, 5.74) is 3.39. The van der Waals surface area contributed by atoms with Crippen molar-refractivity contribution in [1.29, 1.82) is 0 Å². The first-order valence-electron chi connectivity index (χ1n) is 7.78. The zero-order valence-corrected chi connectivity index (χ0v) is 15.5. The molecular formula is C18H17Cl2N3O3. The summed E-state index contributed by atoms with van der Waals surface area (Å²) in [5.74, 6) is -0.376. The maximum absolute atomic E-state index is 11.9. The molecule has 0 radical (unpaired) electrons. The molecule has 6 nitrogen and oxygen atoms in total. The van der Waals surface area contributed by atoms with Crippen LogP contribution in [0.3, 0.4) is 0 Å². The van der Waals surface area contributed by atoms with Crippen molar-refractivity contribution in [3.63, 3.8) is 0 Å². The van der Waals surface area contributed by atoms with Gasteiger partial charge in [-0.2, -0.15) is 5.10 Å². The van der Waals surface area contributed by atoms with Crippen molar-refractivity contribution in [1.82, 2.24) is 5.43 Å². The minimum Gasteiger partial charge on any atom is -0.494 e. The number of nitrogens with one attached hydrogen (secondary N) is 2. The lowest BCUT2D eigenvalue weighted by atomic mass is 10.2. The Morgan fingerprint density at radius 2 is 1.92 bits per heavy atom. The maximum atomic E-state index is 11.9. The largest absolute Gasteiger partial charge is 0.494 e. The zero-order valence-electron chi connectivity index (χ0n) is 14.0. The third kappa shape index (κ3) is 6.06. The normalized spacial score (nSPS) is 10.6. The van der Waals surface area contributed by atoms with Crippen molar-refractivity contribution >= 4 is 46.9 Å². The van der Waals surface area contributed by atoms with Gasteiger partial charge in [0.25, 0.3) is 0 Å². The number of hydrogen-bond acceptors (Lipinski definition) is 4. The van der Waals surface area contributed by atoms with E-state index in [0.29, 0.717) is 23.1 Å². The highest BCUT2D eigenvalue weighted by molar-refractivity contribution is 6.44. The number of carbonyl (C=O) groups excluding carboxylic acids is 2. The molecule has 2 N–H and O–H groups in total. The first-order chi connectivity index (χ1) is 12.5. The van der Waals surface area contributed by atoms with Gasteiger partial charge >= 0.3 is 0 Å². The molecule has 0 bridgehead atoms. The summed E-state index contributed by atoms with van der Waals surface area (Å²) < 4.78 is 5.38. The predicted octanol–water partition coefficient (Wildman–Crippen LogP) is 3.87. The number of ether oxygens (including phenoxy) is 1. The Balaban J connectivity index is 1.85. The molecule has 0 atom stereocenters. The van der Waals surface area contributed by atoms with E-state index in [1.165, 1.54) is 6.21 Å². The number of halogens is 2. The van der Waals surface area contributed by atoms with Gasteiger partial charge in [0.15, 0.2) is 0 Å². The van der Waals surface area contributed by atoms with Crippen LogP contribution in [0.25, 0.3) is 0 Å². The van der Waals surface area contributed by atoms with Gasteiger partial charge in [0.1, 0.15) is 12.2 Å². The van der Waals surface area contributed by atoms with E-state index in [2.05, 4.69) is 15.8 Å². The smallest absolute Gasteiger partial charge is 0.249 e. The van der Waals surface area contributed by atoms with Crippen LogP contribution in [0.5, 0.6) is 5.75 Å². The summed E-state index contributed by atoms with van der Waals surface area (Å²) in [6.07, 6.45) is 1.06. The minimum absolute atomic E-state index is 0.218. The molecule has 0 fully saturated rings. The monoisotopic (exact) mass is 393 g/mol. The van der Waals surface area contributed by atoms with Crippen molar-refractivity contribution in [2.24, 2.45) is 5.10 Å². The van der Waals surface area contributed by atoms with Gasteiger partial charge in [-0.25, -0.2) is 5.43 Å². The molecule has 2 aromatic rings. The van der Waals surface area contributed by atoms with Gasteiger partial charge in [-0.15, -0.1) is 0 Å². The maximum Gasteiger partial charge on any atom is 0.249 e. The molecule has 0 heterocycles. The lowest BCUT2D eigenvalue weighted by Crippen LogP contribution is -2.24. The Hall–Kier alpha value is -2.57. The molecular weight excluding hydrogens is 377 g/mol. The lowest BCUT2D eigenvalue weighted by Gasteiger charge is -2.07. The summed E-state index contributed by atoms with van der Waals surface area (Å²) in [6, 6.07) is 12.1.